The van der Waals surface area contributed by atoms with Crippen LogP contribution in [0.2, 0.25) is 0 Å². The van der Waals surface area contributed by atoms with Crippen LogP contribution in [0.3, 0.4) is 0 Å². The normalized spacial score (nSPS) is 21.5. The van der Waals surface area contributed by atoms with Crippen molar-refractivity contribution in [2.24, 2.45) is 5.92 Å². The Balaban J connectivity index is 1.46. The highest BCUT2D eigenvalue weighted by Gasteiger charge is 2.34. The van der Waals surface area contributed by atoms with Gasteiger partial charge < -0.3 is 34.5 Å². The summed E-state index contributed by atoms with van der Waals surface area (Å²) in [5.74, 6) is 2.12. The number of anilines is 1. The Morgan fingerprint density at radius 3 is 2.74 bits per heavy atom. The topological polar surface area (TPSA) is 81.3 Å². The van der Waals surface area contributed by atoms with Gasteiger partial charge >= 0.3 is 0 Å². The van der Waals surface area contributed by atoms with Crippen molar-refractivity contribution in [3.05, 3.63) is 53.6 Å². The molecule has 2 aromatic carbocycles. The van der Waals surface area contributed by atoms with Gasteiger partial charge in [-0.05, 0) is 61.1 Å². The van der Waals surface area contributed by atoms with Crippen LogP contribution in [-0.4, -0.2) is 72.2 Å². The molecule has 2 aliphatic heterocycles. The van der Waals surface area contributed by atoms with Crippen molar-refractivity contribution >= 4 is 11.6 Å². The summed E-state index contributed by atoms with van der Waals surface area (Å²) >= 11 is 0. The average Bonchev–Trinajstić information content (AvgIpc) is 2.99. The summed E-state index contributed by atoms with van der Waals surface area (Å²) in [5.41, 5.74) is 3.51. The molecule has 4 atom stereocenters. The Morgan fingerprint density at radius 2 is 2.03 bits per heavy atom. The number of hydrogen-bond donors (Lipinski definition) is 2. The van der Waals surface area contributed by atoms with Crippen molar-refractivity contribution in [1.82, 2.24) is 10.6 Å². The van der Waals surface area contributed by atoms with Gasteiger partial charge in [-0.2, -0.15) is 0 Å². The van der Waals surface area contributed by atoms with Gasteiger partial charge in [0.2, 0.25) is 5.91 Å². The van der Waals surface area contributed by atoms with Gasteiger partial charge in [-0.1, -0.05) is 25.1 Å². The number of nitrogens with one attached hydrogen (secondary N) is 2. The number of ether oxygens (including phenoxy) is 4. The summed E-state index contributed by atoms with van der Waals surface area (Å²) in [6, 6.07) is 15.0. The average molecular weight is 540 g/mol. The van der Waals surface area contributed by atoms with Crippen LogP contribution in [-0.2, 0) is 20.9 Å². The van der Waals surface area contributed by atoms with E-state index in [1.165, 1.54) is 5.56 Å². The van der Waals surface area contributed by atoms with Gasteiger partial charge in [0.25, 0.3) is 0 Å². The quantitative estimate of drug-likeness (QED) is 0.371. The van der Waals surface area contributed by atoms with Crippen molar-refractivity contribution in [2.75, 3.05) is 59.0 Å². The molecular formula is C31H45N3O5. The van der Waals surface area contributed by atoms with Crippen LogP contribution in [0.25, 0.3) is 0 Å². The number of rotatable bonds is 13. The molecule has 8 nitrogen and oxygen atoms in total. The zero-order chi connectivity index (χ0) is 27.6. The first-order valence-corrected chi connectivity index (χ1v) is 14.3. The lowest BCUT2D eigenvalue weighted by atomic mass is 9.81. The van der Waals surface area contributed by atoms with Crippen LogP contribution in [0.5, 0.6) is 11.5 Å². The third-order valence-corrected chi connectivity index (χ3v) is 8.04. The van der Waals surface area contributed by atoms with Crippen LogP contribution < -0.4 is 25.0 Å². The number of carbonyl (C=O) groups excluding carboxylic acids is 1. The fourth-order valence-corrected chi connectivity index (χ4v) is 5.77. The lowest BCUT2D eigenvalue weighted by Crippen LogP contribution is -2.48. The number of carbonyl (C=O) groups is 1. The van der Waals surface area contributed by atoms with Crippen molar-refractivity contribution in [3.8, 4) is 11.5 Å². The van der Waals surface area contributed by atoms with Crippen LogP contribution in [0.1, 0.15) is 49.7 Å². The molecule has 39 heavy (non-hydrogen) atoms. The van der Waals surface area contributed by atoms with Gasteiger partial charge in [0.1, 0.15) is 18.1 Å². The van der Waals surface area contributed by atoms with Crippen LogP contribution in [0.4, 0.5) is 5.69 Å². The van der Waals surface area contributed by atoms with Gasteiger partial charge in [0, 0.05) is 51.7 Å². The third-order valence-electron chi connectivity index (χ3n) is 8.04. The Kier molecular flexibility index (Phi) is 10.9. The molecule has 0 aliphatic carbocycles. The number of methoxy groups -OCH3 is 2. The van der Waals surface area contributed by atoms with Gasteiger partial charge in [0.05, 0.1) is 32.1 Å². The molecule has 0 unspecified atom stereocenters. The molecule has 0 spiro atoms. The summed E-state index contributed by atoms with van der Waals surface area (Å²) in [7, 11) is 5.15. The minimum absolute atomic E-state index is 0.00559. The van der Waals surface area contributed by atoms with Crippen molar-refractivity contribution in [2.45, 2.75) is 57.3 Å². The van der Waals surface area contributed by atoms with Gasteiger partial charge in [0.15, 0.2) is 0 Å². The fraction of sp³-hybridized carbons (Fsp3) is 0.581. The Bertz CT molecular complexity index is 1050. The van der Waals surface area contributed by atoms with Crippen molar-refractivity contribution in [3.63, 3.8) is 0 Å². The molecule has 0 saturated carbocycles. The van der Waals surface area contributed by atoms with Crippen molar-refractivity contribution < 1.29 is 23.7 Å². The first-order valence-electron chi connectivity index (χ1n) is 14.3. The number of hydrogen-bond acceptors (Lipinski definition) is 7. The summed E-state index contributed by atoms with van der Waals surface area (Å²) < 4.78 is 23.2. The fourth-order valence-electron chi connectivity index (χ4n) is 5.77. The lowest BCUT2D eigenvalue weighted by Gasteiger charge is -2.38. The molecule has 0 bridgehead atoms. The van der Waals surface area contributed by atoms with Crippen molar-refractivity contribution in [1.29, 1.82) is 0 Å². The zero-order valence-corrected chi connectivity index (χ0v) is 23.9. The van der Waals surface area contributed by atoms with E-state index < -0.39 is 0 Å². The Labute approximate surface area is 233 Å². The maximum absolute atomic E-state index is 12.4. The molecule has 214 valence electrons. The molecule has 0 radical (unpaired) electrons. The van der Waals surface area contributed by atoms with Gasteiger partial charge in [-0.15, -0.1) is 0 Å². The molecule has 1 saturated heterocycles. The van der Waals surface area contributed by atoms with E-state index in [0.29, 0.717) is 13.2 Å². The molecule has 1 amide bonds. The van der Waals surface area contributed by atoms with E-state index in [2.05, 4.69) is 52.8 Å². The number of piperidine rings is 1. The predicted octanol–water partition coefficient (Wildman–Crippen LogP) is 4.12. The first-order chi connectivity index (χ1) is 19.1. The minimum Gasteiger partial charge on any atom is -0.497 e. The zero-order valence-electron chi connectivity index (χ0n) is 23.9. The van der Waals surface area contributed by atoms with Crippen LogP contribution in [0.15, 0.2) is 42.5 Å². The molecule has 1 fully saturated rings. The lowest BCUT2D eigenvalue weighted by molar-refractivity contribution is -0.125. The minimum atomic E-state index is 0.00559. The van der Waals surface area contributed by atoms with Gasteiger partial charge in [-0.3, -0.25) is 4.79 Å². The molecule has 4 rings (SSSR count). The highest BCUT2D eigenvalue weighted by Crippen LogP contribution is 2.36. The standard InChI is InChI=1S/C31H45N3O5/c1-5-23(31(35)32-2)18-25-19-27(24-8-10-26(37-4)11-9-24)30(20-33-25)39-21-22-7-12-29-28(17-22)34(14-16-38-29)13-6-15-36-3/h7-12,17,23,25,27,30,33H,5-6,13-16,18-21H2,1-4H3,(H,32,35)/t23-,25+,27-,30+/m1/s1. The van der Waals surface area contributed by atoms with Gasteiger partial charge in [-0.25, -0.2) is 0 Å². The van der Waals surface area contributed by atoms with Crippen LogP contribution >= 0.6 is 0 Å². The van der Waals surface area contributed by atoms with E-state index in [-0.39, 0.29) is 29.9 Å². The first kappa shape index (κ1) is 29.2. The molecule has 2 heterocycles. The molecule has 8 heteroatoms. The number of fused-ring (bicyclic) bond motifs is 1. The monoisotopic (exact) mass is 539 g/mol. The van der Waals surface area contributed by atoms with E-state index in [4.69, 9.17) is 18.9 Å². The second-order valence-electron chi connectivity index (χ2n) is 10.5. The molecular weight excluding hydrogens is 494 g/mol. The molecule has 2 N–H and O–H groups in total. The number of amides is 1. The van der Waals surface area contributed by atoms with E-state index in [0.717, 1.165) is 74.7 Å². The predicted molar refractivity (Wildman–Crippen MR) is 154 cm³/mol. The van der Waals surface area contributed by atoms with E-state index >= 15 is 0 Å². The maximum atomic E-state index is 12.4. The highest BCUT2D eigenvalue weighted by atomic mass is 16.5. The summed E-state index contributed by atoms with van der Waals surface area (Å²) in [5, 5.41) is 6.51. The molecule has 0 aromatic heterocycles. The SMILES string of the molecule is CC[C@H](C[C@H]1C[C@H](c2ccc(OC)cc2)[C@@H](OCc2ccc3c(c2)N(CCCOC)CCO3)CN1)C(=O)NC. The largest absolute Gasteiger partial charge is 0.497 e. The van der Waals surface area contributed by atoms with E-state index in [1.807, 2.05) is 12.1 Å². The summed E-state index contributed by atoms with van der Waals surface area (Å²) in [6.45, 7) is 6.62. The Morgan fingerprint density at radius 1 is 1.21 bits per heavy atom. The smallest absolute Gasteiger partial charge is 0.222 e. The summed E-state index contributed by atoms with van der Waals surface area (Å²) in [4.78, 5) is 14.7. The van der Waals surface area contributed by atoms with Crippen LogP contribution in [0, 0.1) is 5.92 Å². The van der Waals surface area contributed by atoms with E-state index in [9.17, 15) is 4.79 Å². The maximum Gasteiger partial charge on any atom is 0.222 e. The second-order valence-corrected chi connectivity index (χ2v) is 10.5. The summed E-state index contributed by atoms with van der Waals surface area (Å²) in [6.07, 6.45) is 3.55. The number of benzene rings is 2. The molecule has 2 aliphatic rings. The van der Waals surface area contributed by atoms with E-state index in [1.54, 1.807) is 21.3 Å². The second kappa shape index (κ2) is 14.5. The highest BCUT2D eigenvalue weighted by molar-refractivity contribution is 5.78. The molecule has 2 aromatic rings. The number of nitrogens with zero attached hydrogens (tertiary/aromatic N) is 1. The third kappa shape index (κ3) is 7.65. The Hall–Kier alpha value is -2.81.